The minimum atomic E-state index is -0.474. The van der Waals surface area contributed by atoms with Crippen molar-refractivity contribution >= 4 is 22.1 Å². The van der Waals surface area contributed by atoms with Gasteiger partial charge in [0, 0.05) is 24.2 Å². The molecule has 2 N–H and O–H groups in total. The minimum Gasteiger partial charge on any atom is -0.365 e. The summed E-state index contributed by atoms with van der Waals surface area (Å²) < 4.78 is 1.63. The molecule has 3 aromatic rings. The number of hydrogen-bond acceptors (Lipinski definition) is 5. The SMILES string of the molecule is NC(=O)c1cnn2cc(-c3cncnc3)sc12. The molecule has 0 aliphatic rings. The first kappa shape index (κ1) is 9.91. The molecule has 0 radical (unpaired) electrons. The second kappa shape index (κ2) is 3.63. The second-order valence-electron chi connectivity index (χ2n) is 3.39. The molecule has 0 bridgehead atoms. The maximum Gasteiger partial charge on any atom is 0.253 e. The van der Waals surface area contributed by atoms with E-state index in [0.717, 1.165) is 15.3 Å². The molecule has 0 atom stereocenters. The molecule has 3 aromatic heterocycles. The zero-order valence-electron chi connectivity index (χ0n) is 8.57. The molecular formula is C10H7N5OS. The van der Waals surface area contributed by atoms with Gasteiger partial charge in [-0.1, -0.05) is 0 Å². The van der Waals surface area contributed by atoms with Crippen LogP contribution < -0.4 is 5.73 Å². The highest BCUT2D eigenvalue weighted by Crippen LogP contribution is 2.29. The fourth-order valence-electron chi connectivity index (χ4n) is 1.52. The van der Waals surface area contributed by atoms with E-state index in [1.807, 2.05) is 6.20 Å². The first-order chi connectivity index (χ1) is 8.25. The Hall–Kier alpha value is -2.28. The molecule has 3 heterocycles. The Morgan fingerprint density at radius 3 is 2.76 bits per heavy atom. The van der Waals surface area contributed by atoms with Crippen molar-refractivity contribution in [1.82, 2.24) is 19.6 Å². The lowest BCUT2D eigenvalue weighted by Crippen LogP contribution is -2.09. The zero-order valence-corrected chi connectivity index (χ0v) is 9.39. The highest BCUT2D eigenvalue weighted by molar-refractivity contribution is 7.21. The summed E-state index contributed by atoms with van der Waals surface area (Å²) in [6.07, 6.45) is 8.19. The molecule has 0 aliphatic heterocycles. The van der Waals surface area contributed by atoms with E-state index in [0.29, 0.717) is 5.56 Å². The summed E-state index contributed by atoms with van der Waals surface area (Å²) >= 11 is 1.43. The Bertz CT molecular complexity index is 687. The van der Waals surface area contributed by atoms with Gasteiger partial charge in [0.1, 0.15) is 11.2 Å². The molecule has 7 heteroatoms. The van der Waals surface area contributed by atoms with Crippen molar-refractivity contribution in [3.8, 4) is 10.4 Å². The van der Waals surface area contributed by atoms with Crippen molar-refractivity contribution in [2.45, 2.75) is 0 Å². The van der Waals surface area contributed by atoms with Crippen molar-refractivity contribution in [3.63, 3.8) is 0 Å². The number of hydrogen-bond donors (Lipinski definition) is 1. The Balaban J connectivity index is 2.18. The van der Waals surface area contributed by atoms with Crippen molar-refractivity contribution < 1.29 is 4.79 Å². The fourth-order valence-corrected chi connectivity index (χ4v) is 2.56. The molecule has 0 unspecified atom stereocenters. The van der Waals surface area contributed by atoms with Gasteiger partial charge in [0.15, 0.2) is 0 Å². The van der Waals surface area contributed by atoms with Gasteiger partial charge in [0.2, 0.25) is 0 Å². The van der Waals surface area contributed by atoms with Crippen LogP contribution in [0, 0.1) is 0 Å². The quantitative estimate of drug-likeness (QED) is 0.728. The molecule has 84 valence electrons. The molecular weight excluding hydrogens is 238 g/mol. The predicted molar refractivity (Wildman–Crippen MR) is 62.6 cm³/mol. The maximum atomic E-state index is 11.2. The summed E-state index contributed by atoms with van der Waals surface area (Å²) in [5.74, 6) is -0.474. The highest BCUT2D eigenvalue weighted by Gasteiger charge is 2.13. The molecule has 0 fully saturated rings. The van der Waals surface area contributed by atoms with Crippen LogP contribution in [-0.2, 0) is 0 Å². The number of primary amides is 1. The predicted octanol–water partition coefficient (Wildman–Crippen LogP) is 0.952. The summed E-state index contributed by atoms with van der Waals surface area (Å²) in [5, 5.41) is 4.07. The van der Waals surface area contributed by atoms with Gasteiger partial charge in [0.05, 0.1) is 16.6 Å². The minimum absolute atomic E-state index is 0.429. The molecule has 0 aliphatic carbocycles. The summed E-state index contributed by atoms with van der Waals surface area (Å²) in [5.41, 5.74) is 6.58. The van der Waals surface area contributed by atoms with Crippen LogP contribution in [0.3, 0.4) is 0 Å². The van der Waals surface area contributed by atoms with Crippen LogP contribution >= 0.6 is 11.3 Å². The summed E-state index contributed by atoms with van der Waals surface area (Å²) in [6.45, 7) is 0. The van der Waals surface area contributed by atoms with E-state index in [1.165, 1.54) is 23.9 Å². The van der Waals surface area contributed by atoms with Gasteiger partial charge >= 0.3 is 0 Å². The van der Waals surface area contributed by atoms with Crippen LogP contribution in [0.25, 0.3) is 15.3 Å². The lowest BCUT2D eigenvalue weighted by Gasteiger charge is -1.92. The summed E-state index contributed by atoms with van der Waals surface area (Å²) in [6, 6.07) is 0. The lowest BCUT2D eigenvalue weighted by molar-refractivity contribution is 0.100. The van der Waals surface area contributed by atoms with E-state index in [9.17, 15) is 4.79 Å². The molecule has 6 nitrogen and oxygen atoms in total. The molecule has 0 saturated heterocycles. The van der Waals surface area contributed by atoms with Crippen LogP contribution in [0.4, 0.5) is 0 Å². The van der Waals surface area contributed by atoms with Gasteiger partial charge in [-0.15, -0.1) is 11.3 Å². The smallest absolute Gasteiger partial charge is 0.253 e. The lowest BCUT2D eigenvalue weighted by atomic mass is 10.3. The van der Waals surface area contributed by atoms with Crippen molar-refractivity contribution in [2.24, 2.45) is 5.73 Å². The van der Waals surface area contributed by atoms with Gasteiger partial charge in [-0.25, -0.2) is 14.5 Å². The van der Waals surface area contributed by atoms with Crippen LogP contribution in [0.1, 0.15) is 10.4 Å². The number of thiazole rings is 1. The monoisotopic (exact) mass is 245 g/mol. The van der Waals surface area contributed by atoms with E-state index in [1.54, 1.807) is 16.9 Å². The third kappa shape index (κ3) is 1.56. The van der Waals surface area contributed by atoms with E-state index in [-0.39, 0.29) is 0 Å². The molecule has 3 rings (SSSR count). The van der Waals surface area contributed by atoms with Gasteiger partial charge in [0.25, 0.3) is 5.91 Å². The molecule has 1 amide bonds. The van der Waals surface area contributed by atoms with Crippen molar-refractivity contribution in [2.75, 3.05) is 0 Å². The van der Waals surface area contributed by atoms with Crippen LogP contribution in [0.2, 0.25) is 0 Å². The average Bonchev–Trinajstić information content (AvgIpc) is 2.88. The first-order valence-corrected chi connectivity index (χ1v) is 5.60. The normalized spacial score (nSPS) is 10.8. The van der Waals surface area contributed by atoms with Crippen LogP contribution in [-0.4, -0.2) is 25.5 Å². The molecule has 0 saturated carbocycles. The standard InChI is InChI=1S/C10H7N5OS/c11-9(16)7-3-14-15-4-8(17-10(7)15)6-1-12-5-13-2-6/h1-5H,(H2,11,16). The highest BCUT2D eigenvalue weighted by atomic mass is 32.1. The third-order valence-corrected chi connectivity index (χ3v) is 3.47. The van der Waals surface area contributed by atoms with Crippen LogP contribution in [0.15, 0.2) is 31.1 Å². The number of amides is 1. The van der Waals surface area contributed by atoms with Gasteiger partial charge in [-0.05, 0) is 0 Å². The van der Waals surface area contributed by atoms with E-state index in [2.05, 4.69) is 15.1 Å². The number of fused-ring (bicyclic) bond motifs is 1. The van der Waals surface area contributed by atoms with Gasteiger partial charge in [-0.2, -0.15) is 5.10 Å². The topological polar surface area (TPSA) is 86.2 Å². The third-order valence-electron chi connectivity index (χ3n) is 2.31. The van der Waals surface area contributed by atoms with E-state index < -0.39 is 5.91 Å². The van der Waals surface area contributed by atoms with Crippen molar-refractivity contribution in [3.05, 3.63) is 36.7 Å². The van der Waals surface area contributed by atoms with Gasteiger partial charge in [-0.3, -0.25) is 4.79 Å². The summed E-state index contributed by atoms with van der Waals surface area (Å²) in [4.78, 5) is 20.7. The second-order valence-corrected chi connectivity index (χ2v) is 4.43. The number of carbonyl (C=O) groups excluding carboxylic acids is 1. The van der Waals surface area contributed by atoms with E-state index >= 15 is 0 Å². The average molecular weight is 245 g/mol. The number of rotatable bonds is 2. The largest absolute Gasteiger partial charge is 0.365 e. The summed E-state index contributed by atoms with van der Waals surface area (Å²) in [7, 11) is 0. The van der Waals surface area contributed by atoms with Crippen LogP contribution in [0.5, 0.6) is 0 Å². The van der Waals surface area contributed by atoms with E-state index in [4.69, 9.17) is 5.73 Å². The Morgan fingerprint density at radius 1 is 1.29 bits per heavy atom. The van der Waals surface area contributed by atoms with Crippen molar-refractivity contribution in [1.29, 1.82) is 0 Å². The van der Waals surface area contributed by atoms with Gasteiger partial charge < -0.3 is 5.73 Å². The first-order valence-electron chi connectivity index (χ1n) is 4.78. The maximum absolute atomic E-state index is 11.2. The number of nitrogens with zero attached hydrogens (tertiary/aromatic N) is 4. The Labute approximate surface area is 99.7 Å². The fraction of sp³-hybridized carbons (Fsp3) is 0. The molecule has 0 spiro atoms. The number of nitrogens with two attached hydrogens (primary N) is 1. The molecule has 0 aromatic carbocycles. The number of carbonyl (C=O) groups is 1. The Kier molecular flexibility index (Phi) is 2.12. The zero-order chi connectivity index (χ0) is 11.8. The number of aromatic nitrogens is 4. The molecule has 17 heavy (non-hydrogen) atoms. The Morgan fingerprint density at radius 2 is 2.06 bits per heavy atom.